The number of piperidine rings is 1. The summed E-state index contributed by atoms with van der Waals surface area (Å²) in [4.78, 5) is 28.9. The maximum Gasteiger partial charge on any atom is 0.254 e. The number of aromatic nitrogens is 4. The average Bonchev–Trinajstić information content (AvgIpc) is 3.28. The minimum Gasteiger partial charge on any atom is -0.368 e. The molecular formula is C27H27FN6O. The molecule has 0 spiro atoms. The van der Waals surface area contributed by atoms with Gasteiger partial charge in [0.1, 0.15) is 11.6 Å². The zero-order chi connectivity index (χ0) is 24.4. The number of aryl methyl sites for hydroxylation is 1. The molecule has 2 aromatic heterocycles. The Morgan fingerprint density at radius 2 is 1.91 bits per heavy atom. The largest absolute Gasteiger partial charge is 0.368 e. The highest BCUT2D eigenvalue weighted by atomic mass is 19.1. The molecule has 35 heavy (non-hydrogen) atoms. The number of carbonyl (C=O) groups excluding carboxylic acids is 1. The highest BCUT2D eigenvalue weighted by Crippen LogP contribution is 2.37. The van der Waals surface area contributed by atoms with Crippen molar-refractivity contribution in [3.63, 3.8) is 0 Å². The quantitative estimate of drug-likeness (QED) is 0.453. The summed E-state index contributed by atoms with van der Waals surface area (Å²) in [6.07, 6.45) is 7.99. The third-order valence-electron chi connectivity index (χ3n) is 6.58. The molecule has 0 aliphatic carbocycles. The van der Waals surface area contributed by atoms with E-state index in [1.54, 1.807) is 24.5 Å². The van der Waals surface area contributed by atoms with Crippen LogP contribution in [0.1, 0.15) is 52.7 Å². The number of likely N-dealkylation sites (tertiary alicyclic amines) is 1. The lowest BCUT2D eigenvalue weighted by Crippen LogP contribution is -2.39. The van der Waals surface area contributed by atoms with Crippen LogP contribution >= 0.6 is 0 Å². The van der Waals surface area contributed by atoms with Gasteiger partial charge in [0.25, 0.3) is 5.91 Å². The Morgan fingerprint density at radius 3 is 2.69 bits per heavy atom. The molecule has 1 amide bonds. The maximum absolute atomic E-state index is 14.0. The van der Waals surface area contributed by atoms with E-state index in [1.807, 2.05) is 46.9 Å². The molecule has 0 saturated carbocycles. The van der Waals surface area contributed by atoms with E-state index in [9.17, 15) is 9.18 Å². The molecule has 1 saturated heterocycles. The predicted molar refractivity (Wildman–Crippen MR) is 132 cm³/mol. The van der Waals surface area contributed by atoms with Gasteiger partial charge < -0.3 is 15.2 Å². The van der Waals surface area contributed by atoms with Crippen molar-refractivity contribution in [1.82, 2.24) is 24.4 Å². The molecule has 1 atom stereocenters. The summed E-state index contributed by atoms with van der Waals surface area (Å²) in [5, 5.41) is 0. The van der Waals surface area contributed by atoms with Gasteiger partial charge in [0, 0.05) is 42.8 Å². The molecule has 8 heteroatoms. The first-order valence-electron chi connectivity index (χ1n) is 11.8. The highest BCUT2D eigenvalue weighted by molar-refractivity contribution is 5.96. The molecule has 1 unspecified atom stereocenters. The Balaban J connectivity index is 1.53. The Hall–Kier alpha value is -4.07. The molecule has 1 aliphatic heterocycles. The summed E-state index contributed by atoms with van der Waals surface area (Å²) in [5.74, 6) is 0.694. The predicted octanol–water partition coefficient (Wildman–Crippen LogP) is 4.79. The van der Waals surface area contributed by atoms with Crippen molar-refractivity contribution in [3.05, 3.63) is 95.6 Å². The number of hydrogen-bond donors (Lipinski definition) is 1. The molecule has 1 fully saturated rings. The Kier molecular flexibility index (Phi) is 6.27. The van der Waals surface area contributed by atoms with Gasteiger partial charge in [-0.05, 0) is 55.5 Å². The van der Waals surface area contributed by atoms with Crippen LogP contribution in [0.25, 0.3) is 11.1 Å². The van der Waals surface area contributed by atoms with Crippen LogP contribution in [0.3, 0.4) is 0 Å². The number of halogens is 1. The van der Waals surface area contributed by atoms with E-state index in [2.05, 4.69) is 15.0 Å². The van der Waals surface area contributed by atoms with E-state index < -0.39 is 0 Å². The summed E-state index contributed by atoms with van der Waals surface area (Å²) in [6, 6.07) is 13.7. The molecule has 2 N–H and O–H groups in total. The molecule has 7 nitrogen and oxygen atoms in total. The van der Waals surface area contributed by atoms with Crippen LogP contribution in [-0.2, 0) is 6.54 Å². The van der Waals surface area contributed by atoms with Crippen molar-refractivity contribution < 1.29 is 9.18 Å². The number of benzene rings is 2. The fraction of sp³-hybridized carbons (Fsp3) is 0.259. The first kappa shape index (κ1) is 22.7. The fourth-order valence-electron chi connectivity index (χ4n) is 4.75. The highest BCUT2D eigenvalue weighted by Gasteiger charge is 2.32. The van der Waals surface area contributed by atoms with Crippen molar-refractivity contribution in [2.24, 2.45) is 0 Å². The zero-order valence-electron chi connectivity index (χ0n) is 19.6. The molecule has 178 valence electrons. The van der Waals surface area contributed by atoms with Crippen molar-refractivity contribution in [2.45, 2.75) is 38.8 Å². The van der Waals surface area contributed by atoms with Gasteiger partial charge in [-0.3, -0.25) is 4.79 Å². The summed E-state index contributed by atoms with van der Waals surface area (Å²) < 4.78 is 15.6. The Bertz CT molecular complexity index is 1350. The number of nitrogens with two attached hydrogens (primary N) is 1. The van der Waals surface area contributed by atoms with Crippen molar-refractivity contribution >= 4 is 11.9 Å². The van der Waals surface area contributed by atoms with Gasteiger partial charge in [0.2, 0.25) is 5.95 Å². The normalized spacial score (nSPS) is 15.8. The minimum absolute atomic E-state index is 0.0368. The van der Waals surface area contributed by atoms with Crippen molar-refractivity contribution in [2.75, 3.05) is 12.3 Å². The minimum atomic E-state index is -0.314. The van der Waals surface area contributed by atoms with E-state index >= 15 is 0 Å². The third kappa shape index (κ3) is 4.64. The summed E-state index contributed by atoms with van der Waals surface area (Å²) in [5.41, 5.74) is 9.83. The lowest BCUT2D eigenvalue weighted by molar-refractivity contribution is 0.0605. The van der Waals surface area contributed by atoms with Crippen LogP contribution < -0.4 is 5.73 Å². The van der Waals surface area contributed by atoms with E-state index in [0.29, 0.717) is 24.3 Å². The van der Waals surface area contributed by atoms with Gasteiger partial charge in [0.05, 0.1) is 11.7 Å². The monoisotopic (exact) mass is 470 g/mol. The van der Waals surface area contributed by atoms with Gasteiger partial charge in [-0.1, -0.05) is 30.3 Å². The molecule has 1 aliphatic rings. The SMILES string of the molecule is Cc1nccn1Cc1ccccc1C(=O)N1CCCCC1c1nc(N)ncc1-c1ccc(F)cc1. The lowest BCUT2D eigenvalue weighted by Gasteiger charge is -2.36. The van der Waals surface area contributed by atoms with Crippen LogP contribution in [0.4, 0.5) is 10.3 Å². The topological polar surface area (TPSA) is 89.9 Å². The molecule has 3 heterocycles. The average molecular weight is 471 g/mol. The van der Waals surface area contributed by atoms with Crippen molar-refractivity contribution in [1.29, 1.82) is 0 Å². The molecule has 0 bridgehead atoms. The molecule has 0 radical (unpaired) electrons. The number of anilines is 1. The number of rotatable bonds is 5. The Labute approximate surface area is 203 Å². The van der Waals surface area contributed by atoms with Crippen LogP contribution in [0.15, 0.2) is 67.1 Å². The number of nitrogens with zero attached hydrogens (tertiary/aromatic N) is 5. The first-order valence-corrected chi connectivity index (χ1v) is 11.8. The van der Waals surface area contributed by atoms with Gasteiger partial charge >= 0.3 is 0 Å². The lowest BCUT2D eigenvalue weighted by atomic mass is 9.92. The van der Waals surface area contributed by atoms with Gasteiger partial charge in [-0.15, -0.1) is 0 Å². The van der Waals surface area contributed by atoms with E-state index in [4.69, 9.17) is 5.73 Å². The summed E-state index contributed by atoms with van der Waals surface area (Å²) >= 11 is 0. The number of nitrogen functional groups attached to an aromatic ring is 1. The van der Waals surface area contributed by atoms with Crippen LogP contribution in [0.2, 0.25) is 0 Å². The Morgan fingerprint density at radius 1 is 1.11 bits per heavy atom. The van der Waals surface area contributed by atoms with Gasteiger partial charge in [0.15, 0.2) is 0 Å². The smallest absolute Gasteiger partial charge is 0.254 e. The zero-order valence-corrected chi connectivity index (χ0v) is 19.6. The third-order valence-corrected chi connectivity index (χ3v) is 6.58. The summed E-state index contributed by atoms with van der Waals surface area (Å²) in [6.45, 7) is 3.13. The molecule has 5 rings (SSSR count). The molecular weight excluding hydrogens is 443 g/mol. The molecule has 4 aromatic rings. The van der Waals surface area contributed by atoms with Gasteiger partial charge in [-0.25, -0.2) is 19.3 Å². The standard InChI is InChI=1S/C27H27FN6O/c1-18-30-13-15-33(18)17-20-6-2-3-7-22(20)26(35)34-14-5-4-8-24(34)25-23(16-31-27(29)32-25)19-9-11-21(28)12-10-19/h2-3,6-7,9-13,15-16,24H,4-5,8,14,17H2,1H3,(H2,29,31,32). The van der Waals surface area contributed by atoms with E-state index in [1.165, 1.54) is 12.1 Å². The second kappa shape index (κ2) is 9.66. The number of hydrogen-bond acceptors (Lipinski definition) is 5. The molecule has 2 aromatic carbocycles. The second-order valence-electron chi connectivity index (χ2n) is 8.80. The van der Waals surface area contributed by atoms with E-state index in [0.717, 1.165) is 41.8 Å². The number of imidazole rings is 1. The van der Waals surface area contributed by atoms with Crippen molar-refractivity contribution in [3.8, 4) is 11.1 Å². The summed E-state index contributed by atoms with van der Waals surface area (Å²) in [7, 11) is 0. The van der Waals surface area contributed by atoms with Crippen LogP contribution in [0, 0.1) is 12.7 Å². The van der Waals surface area contributed by atoms with Crippen LogP contribution in [0.5, 0.6) is 0 Å². The number of carbonyl (C=O) groups is 1. The van der Waals surface area contributed by atoms with Gasteiger partial charge in [-0.2, -0.15) is 0 Å². The fourth-order valence-corrected chi connectivity index (χ4v) is 4.75. The van der Waals surface area contributed by atoms with Crippen LogP contribution in [-0.4, -0.2) is 36.9 Å². The first-order chi connectivity index (χ1) is 17.0. The second-order valence-corrected chi connectivity index (χ2v) is 8.80. The van der Waals surface area contributed by atoms with E-state index in [-0.39, 0.29) is 23.7 Å². The maximum atomic E-state index is 14.0. The number of amides is 1.